The first-order valence-corrected chi connectivity index (χ1v) is 13.9. The molecule has 2 aromatic rings. The summed E-state index contributed by atoms with van der Waals surface area (Å²) in [6.45, 7) is 5.31. The van der Waals surface area contributed by atoms with E-state index in [4.69, 9.17) is 9.47 Å². The van der Waals surface area contributed by atoms with Gasteiger partial charge in [0.25, 0.3) is 5.91 Å². The first-order chi connectivity index (χ1) is 17.2. The molecule has 1 aliphatic rings. The second kappa shape index (κ2) is 11.8. The number of nitrogens with one attached hydrogen (secondary N) is 1. The molecule has 12 heteroatoms. The van der Waals surface area contributed by atoms with Crippen molar-refractivity contribution in [2.45, 2.75) is 44.6 Å². The third kappa shape index (κ3) is 5.71. The van der Waals surface area contributed by atoms with Gasteiger partial charge >= 0.3 is 12.1 Å². The molecular formula is C24H31N3O7S2. The minimum atomic E-state index is -3.66. The number of carbonyl (C=O) groups is 3. The smallest absolute Gasteiger partial charge is 0.409 e. The Morgan fingerprint density at radius 1 is 1.06 bits per heavy atom. The number of amides is 2. The quantitative estimate of drug-likeness (QED) is 0.484. The Balaban J connectivity index is 1.85. The molecule has 0 saturated heterocycles. The topological polar surface area (TPSA) is 122 Å². The lowest BCUT2D eigenvalue weighted by atomic mass is 10.0. The normalized spacial score (nSPS) is 13.3. The standard InChI is InChI=1S/C24H31N3O7S2/c1-5-12-27(13-6-2)36(31,32)17-9-7-16(8-10-17)21(28)25-22-20(23(29)33-3)18-11-14-26(24(30)34-4)15-19(18)35-22/h7-10H,5-6,11-15H2,1-4H3,(H,25,28). The van der Waals surface area contributed by atoms with Crippen LogP contribution in [0.5, 0.6) is 0 Å². The van der Waals surface area contributed by atoms with E-state index < -0.39 is 28.0 Å². The fourth-order valence-corrected chi connectivity index (χ4v) is 6.92. The number of thiophene rings is 1. The van der Waals surface area contributed by atoms with Gasteiger partial charge in [0.2, 0.25) is 10.0 Å². The zero-order valence-corrected chi connectivity index (χ0v) is 22.5. The maximum absolute atomic E-state index is 13.0. The maximum atomic E-state index is 13.0. The number of carbonyl (C=O) groups excluding carboxylic acids is 3. The van der Waals surface area contributed by atoms with Crippen LogP contribution in [0, 0.1) is 0 Å². The van der Waals surface area contributed by atoms with Gasteiger partial charge in [-0.3, -0.25) is 4.79 Å². The lowest BCUT2D eigenvalue weighted by molar-refractivity contribution is 0.0600. The predicted molar refractivity (Wildman–Crippen MR) is 136 cm³/mol. The molecule has 0 fully saturated rings. The maximum Gasteiger partial charge on any atom is 0.409 e. The molecule has 1 aromatic carbocycles. The summed E-state index contributed by atoms with van der Waals surface area (Å²) in [4.78, 5) is 39.9. The van der Waals surface area contributed by atoms with Crippen molar-refractivity contribution >= 4 is 44.3 Å². The third-order valence-electron chi connectivity index (χ3n) is 5.81. The van der Waals surface area contributed by atoms with Crippen LogP contribution in [0.15, 0.2) is 29.2 Å². The van der Waals surface area contributed by atoms with E-state index in [1.165, 1.54) is 59.0 Å². The average Bonchev–Trinajstić information content (AvgIpc) is 3.24. The van der Waals surface area contributed by atoms with Crippen LogP contribution in [0.2, 0.25) is 0 Å². The summed E-state index contributed by atoms with van der Waals surface area (Å²) in [6, 6.07) is 5.72. The molecule has 0 saturated carbocycles. The molecule has 0 atom stereocenters. The monoisotopic (exact) mass is 537 g/mol. The van der Waals surface area contributed by atoms with Gasteiger partial charge in [-0.25, -0.2) is 18.0 Å². The second-order valence-electron chi connectivity index (χ2n) is 8.22. The largest absolute Gasteiger partial charge is 0.465 e. The number of nitrogens with zero attached hydrogens (tertiary/aromatic N) is 2. The molecule has 2 heterocycles. The molecular weight excluding hydrogens is 506 g/mol. The van der Waals surface area contributed by atoms with E-state index in [9.17, 15) is 22.8 Å². The molecule has 2 amide bonds. The van der Waals surface area contributed by atoms with Gasteiger partial charge in [-0.1, -0.05) is 13.8 Å². The van der Waals surface area contributed by atoms with Crippen LogP contribution in [0.1, 0.15) is 57.8 Å². The fourth-order valence-electron chi connectivity index (χ4n) is 4.05. The van der Waals surface area contributed by atoms with E-state index in [-0.39, 0.29) is 22.6 Å². The number of hydrogen-bond acceptors (Lipinski definition) is 8. The number of esters is 1. The van der Waals surface area contributed by atoms with Crippen molar-refractivity contribution in [1.29, 1.82) is 0 Å². The van der Waals surface area contributed by atoms with E-state index in [2.05, 4.69) is 5.32 Å². The lowest BCUT2D eigenvalue weighted by Crippen LogP contribution is -2.35. The molecule has 0 radical (unpaired) electrons. The molecule has 10 nitrogen and oxygen atoms in total. The minimum Gasteiger partial charge on any atom is -0.465 e. The first kappa shape index (κ1) is 27.6. The van der Waals surface area contributed by atoms with E-state index in [0.29, 0.717) is 43.9 Å². The molecule has 0 spiro atoms. The molecule has 1 aromatic heterocycles. The van der Waals surface area contributed by atoms with Gasteiger partial charge in [0.15, 0.2) is 0 Å². The van der Waals surface area contributed by atoms with Gasteiger partial charge in [-0.05, 0) is 49.1 Å². The Bertz CT molecular complexity index is 1220. The van der Waals surface area contributed by atoms with Gasteiger partial charge in [0.1, 0.15) is 5.00 Å². The number of ether oxygens (including phenoxy) is 2. The summed E-state index contributed by atoms with van der Waals surface area (Å²) < 4.78 is 37.1. The van der Waals surface area contributed by atoms with Crippen LogP contribution in [0.4, 0.5) is 9.80 Å². The Labute approximate surface area is 215 Å². The van der Waals surface area contributed by atoms with Gasteiger partial charge < -0.3 is 19.7 Å². The van der Waals surface area contributed by atoms with Crippen molar-refractivity contribution in [3.8, 4) is 0 Å². The molecule has 3 rings (SSSR count). The molecule has 1 N–H and O–H groups in total. The number of methoxy groups -OCH3 is 2. The molecule has 0 aliphatic carbocycles. The SMILES string of the molecule is CCCN(CCC)S(=O)(=O)c1ccc(C(=O)Nc2sc3c(c2C(=O)OC)CCN(C(=O)OC)C3)cc1. The predicted octanol–water partition coefficient (Wildman–Crippen LogP) is 3.72. The molecule has 0 bridgehead atoms. The van der Waals surface area contributed by atoms with Crippen LogP contribution in [0.3, 0.4) is 0 Å². The van der Waals surface area contributed by atoms with Crippen molar-refractivity contribution in [2.24, 2.45) is 0 Å². The van der Waals surface area contributed by atoms with E-state index >= 15 is 0 Å². The van der Waals surface area contributed by atoms with Crippen LogP contribution in [-0.2, 0) is 32.5 Å². The summed E-state index contributed by atoms with van der Waals surface area (Å²) in [5.41, 5.74) is 1.24. The highest BCUT2D eigenvalue weighted by molar-refractivity contribution is 7.89. The molecule has 196 valence electrons. The van der Waals surface area contributed by atoms with Crippen molar-refractivity contribution in [2.75, 3.05) is 39.2 Å². The van der Waals surface area contributed by atoms with Crippen molar-refractivity contribution in [3.63, 3.8) is 0 Å². The highest BCUT2D eigenvalue weighted by Crippen LogP contribution is 2.38. The van der Waals surface area contributed by atoms with E-state index in [1.807, 2.05) is 13.8 Å². The molecule has 0 unspecified atom stereocenters. The first-order valence-electron chi connectivity index (χ1n) is 11.6. The highest BCUT2D eigenvalue weighted by Gasteiger charge is 2.31. The Morgan fingerprint density at radius 3 is 2.25 bits per heavy atom. The fraction of sp³-hybridized carbons (Fsp3) is 0.458. The zero-order valence-electron chi connectivity index (χ0n) is 20.8. The van der Waals surface area contributed by atoms with E-state index in [0.717, 1.165) is 10.4 Å². The minimum absolute atomic E-state index is 0.116. The van der Waals surface area contributed by atoms with Gasteiger partial charge in [0, 0.05) is 30.1 Å². The van der Waals surface area contributed by atoms with Crippen molar-refractivity contribution < 1.29 is 32.3 Å². The summed E-state index contributed by atoms with van der Waals surface area (Å²) in [5, 5.41) is 3.08. The molecule has 36 heavy (non-hydrogen) atoms. The van der Waals surface area contributed by atoms with Crippen LogP contribution in [0.25, 0.3) is 0 Å². The van der Waals surface area contributed by atoms with Crippen molar-refractivity contribution in [1.82, 2.24) is 9.21 Å². The third-order valence-corrected chi connectivity index (χ3v) is 8.85. The number of sulfonamides is 1. The zero-order chi connectivity index (χ0) is 26.5. The number of rotatable bonds is 9. The summed E-state index contributed by atoms with van der Waals surface area (Å²) in [7, 11) is -1.09. The van der Waals surface area contributed by atoms with Crippen LogP contribution in [-0.4, -0.2) is 69.4 Å². The summed E-state index contributed by atoms with van der Waals surface area (Å²) in [5.74, 6) is -1.07. The highest BCUT2D eigenvalue weighted by atomic mass is 32.2. The van der Waals surface area contributed by atoms with E-state index in [1.54, 1.807) is 0 Å². The average molecular weight is 538 g/mol. The van der Waals surface area contributed by atoms with Gasteiger partial charge in [-0.15, -0.1) is 11.3 Å². The van der Waals surface area contributed by atoms with Crippen LogP contribution < -0.4 is 5.32 Å². The number of anilines is 1. The van der Waals surface area contributed by atoms with Crippen LogP contribution >= 0.6 is 11.3 Å². The molecule has 1 aliphatic heterocycles. The number of hydrogen-bond donors (Lipinski definition) is 1. The number of benzene rings is 1. The number of fused-ring (bicyclic) bond motifs is 1. The van der Waals surface area contributed by atoms with Gasteiger partial charge in [0.05, 0.1) is 31.2 Å². The lowest BCUT2D eigenvalue weighted by Gasteiger charge is -2.25. The summed E-state index contributed by atoms with van der Waals surface area (Å²) >= 11 is 1.20. The second-order valence-corrected chi connectivity index (χ2v) is 11.3. The Morgan fingerprint density at radius 2 is 1.69 bits per heavy atom. The Hall–Kier alpha value is -2.96. The van der Waals surface area contributed by atoms with Crippen molar-refractivity contribution in [3.05, 3.63) is 45.8 Å². The summed E-state index contributed by atoms with van der Waals surface area (Å²) in [6.07, 6.45) is 1.35. The Kier molecular flexibility index (Phi) is 9.09. The van der Waals surface area contributed by atoms with Gasteiger partial charge in [-0.2, -0.15) is 4.31 Å².